The fraction of sp³-hybridized carbons (Fsp3) is 0.375. The first-order valence-corrected chi connectivity index (χ1v) is 8.89. The molecule has 2 heterocycles. The summed E-state index contributed by atoms with van der Waals surface area (Å²) < 4.78 is 2.28. The van der Waals surface area contributed by atoms with E-state index in [9.17, 15) is 0 Å². The number of benzene rings is 1. The summed E-state index contributed by atoms with van der Waals surface area (Å²) in [5.41, 5.74) is 2.05. The Kier molecular flexibility index (Phi) is 4.40. The van der Waals surface area contributed by atoms with Gasteiger partial charge in [0.15, 0.2) is 0 Å². The second kappa shape index (κ2) is 6.28. The fourth-order valence-corrected chi connectivity index (χ4v) is 3.84. The maximum absolute atomic E-state index is 4.69. The third-order valence-electron chi connectivity index (χ3n) is 3.63. The number of unbranched alkanes of at least 4 members (excludes halogenated alkanes) is 1. The Hall–Kier alpha value is -1.20. The molecule has 0 spiro atoms. The van der Waals surface area contributed by atoms with Crippen molar-refractivity contribution in [3.8, 4) is 10.7 Å². The number of halogens is 1. The first kappa shape index (κ1) is 14.7. The van der Waals surface area contributed by atoms with Gasteiger partial charge in [0, 0.05) is 10.4 Å². The molecule has 5 heteroatoms. The minimum Gasteiger partial charge on any atom is -0.340 e. The predicted molar refractivity (Wildman–Crippen MR) is 92.8 cm³/mol. The molecule has 0 amide bonds. The molecule has 0 saturated heterocycles. The maximum atomic E-state index is 4.69. The molecule has 1 N–H and O–H groups in total. The van der Waals surface area contributed by atoms with Crippen LogP contribution in [0.2, 0.25) is 0 Å². The van der Waals surface area contributed by atoms with Gasteiger partial charge in [0.25, 0.3) is 0 Å². The Morgan fingerprint density at radius 3 is 3.05 bits per heavy atom. The van der Waals surface area contributed by atoms with Crippen LogP contribution in [0, 0.1) is 0 Å². The predicted octanol–water partition coefficient (Wildman–Crippen LogP) is 5.74. The van der Waals surface area contributed by atoms with Gasteiger partial charge in [-0.1, -0.05) is 42.6 Å². The monoisotopic (exact) mass is 363 g/mol. The van der Waals surface area contributed by atoms with E-state index in [0.29, 0.717) is 5.92 Å². The van der Waals surface area contributed by atoms with Crippen molar-refractivity contribution in [2.24, 2.45) is 0 Å². The van der Waals surface area contributed by atoms with E-state index in [-0.39, 0.29) is 0 Å². The second-order valence-corrected chi connectivity index (χ2v) is 7.30. The van der Waals surface area contributed by atoms with E-state index in [4.69, 9.17) is 0 Å². The molecule has 0 aliphatic rings. The molecule has 0 unspecified atom stereocenters. The molecule has 1 atom stereocenters. The van der Waals surface area contributed by atoms with E-state index in [1.54, 1.807) is 11.3 Å². The van der Waals surface area contributed by atoms with Gasteiger partial charge < -0.3 is 4.98 Å². The standard InChI is InChI=1S/C16H18BrN3S/c1-3-4-5-10(2)15-18-9-13(19-15)16-20-12-7-6-11(17)8-14(12)21-16/h6-10H,3-5H2,1-2H3,(H,18,19)/t10-/m0/s1. The Morgan fingerprint density at radius 1 is 1.38 bits per heavy atom. The largest absolute Gasteiger partial charge is 0.340 e. The SMILES string of the molecule is CCCC[C@H](C)c1ncc(-c2nc3ccc(Br)cc3s2)[nH]1. The van der Waals surface area contributed by atoms with Crippen LogP contribution in [-0.4, -0.2) is 15.0 Å². The lowest BCUT2D eigenvalue weighted by atomic mass is 10.0. The summed E-state index contributed by atoms with van der Waals surface area (Å²) in [6.45, 7) is 4.45. The second-order valence-electron chi connectivity index (χ2n) is 5.36. The van der Waals surface area contributed by atoms with Crippen molar-refractivity contribution < 1.29 is 0 Å². The molecule has 0 saturated carbocycles. The number of nitrogens with zero attached hydrogens (tertiary/aromatic N) is 2. The zero-order chi connectivity index (χ0) is 14.8. The average Bonchev–Trinajstić information content (AvgIpc) is 3.10. The van der Waals surface area contributed by atoms with Crippen LogP contribution in [0.1, 0.15) is 44.9 Å². The molecule has 3 aromatic rings. The lowest BCUT2D eigenvalue weighted by Crippen LogP contribution is -1.95. The number of hydrogen-bond acceptors (Lipinski definition) is 3. The number of thiazole rings is 1. The molecule has 1 aromatic carbocycles. The van der Waals surface area contributed by atoms with Crippen LogP contribution >= 0.6 is 27.3 Å². The Balaban J connectivity index is 1.87. The van der Waals surface area contributed by atoms with Crippen molar-refractivity contribution in [2.75, 3.05) is 0 Å². The van der Waals surface area contributed by atoms with Crippen LogP contribution in [0.25, 0.3) is 20.9 Å². The highest BCUT2D eigenvalue weighted by Crippen LogP contribution is 2.31. The number of rotatable bonds is 5. The van der Waals surface area contributed by atoms with E-state index in [0.717, 1.165) is 26.5 Å². The van der Waals surface area contributed by atoms with E-state index in [1.807, 2.05) is 18.3 Å². The highest BCUT2D eigenvalue weighted by molar-refractivity contribution is 9.10. The van der Waals surface area contributed by atoms with E-state index >= 15 is 0 Å². The lowest BCUT2D eigenvalue weighted by molar-refractivity contribution is 0.601. The van der Waals surface area contributed by atoms with Gasteiger partial charge in [0.1, 0.15) is 10.8 Å². The van der Waals surface area contributed by atoms with Crippen molar-refractivity contribution in [2.45, 2.75) is 39.0 Å². The zero-order valence-electron chi connectivity index (χ0n) is 12.2. The Morgan fingerprint density at radius 2 is 2.24 bits per heavy atom. The van der Waals surface area contributed by atoms with Crippen LogP contribution in [0.4, 0.5) is 0 Å². The molecule has 0 aliphatic carbocycles. The van der Waals surface area contributed by atoms with Gasteiger partial charge >= 0.3 is 0 Å². The van der Waals surface area contributed by atoms with Crippen LogP contribution in [0.3, 0.4) is 0 Å². The van der Waals surface area contributed by atoms with Gasteiger partial charge in [-0.25, -0.2) is 9.97 Å². The van der Waals surface area contributed by atoms with Gasteiger partial charge in [-0.05, 0) is 24.6 Å². The molecule has 0 radical (unpaired) electrons. The first-order valence-electron chi connectivity index (χ1n) is 7.28. The zero-order valence-corrected chi connectivity index (χ0v) is 14.6. The van der Waals surface area contributed by atoms with E-state index in [2.05, 4.69) is 50.8 Å². The summed E-state index contributed by atoms with van der Waals surface area (Å²) in [5.74, 6) is 1.54. The molecular formula is C16H18BrN3S. The van der Waals surface area contributed by atoms with Crippen molar-refractivity contribution in [3.05, 3.63) is 34.7 Å². The maximum Gasteiger partial charge on any atom is 0.142 e. The quantitative estimate of drug-likeness (QED) is 0.627. The average molecular weight is 364 g/mol. The highest BCUT2D eigenvalue weighted by atomic mass is 79.9. The molecular weight excluding hydrogens is 346 g/mol. The minimum absolute atomic E-state index is 0.474. The van der Waals surface area contributed by atoms with Crippen LogP contribution in [0.5, 0.6) is 0 Å². The lowest BCUT2D eigenvalue weighted by Gasteiger charge is -2.06. The third-order valence-corrected chi connectivity index (χ3v) is 5.18. The highest BCUT2D eigenvalue weighted by Gasteiger charge is 2.13. The van der Waals surface area contributed by atoms with Gasteiger partial charge in [-0.15, -0.1) is 11.3 Å². The summed E-state index contributed by atoms with van der Waals surface area (Å²) in [6, 6.07) is 6.18. The number of H-pyrrole nitrogens is 1. The van der Waals surface area contributed by atoms with Crippen molar-refractivity contribution in [3.63, 3.8) is 0 Å². The van der Waals surface area contributed by atoms with Gasteiger partial charge in [0.2, 0.25) is 0 Å². The van der Waals surface area contributed by atoms with Gasteiger partial charge in [-0.2, -0.15) is 0 Å². The van der Waals surface area contributed by atoms with Gasteiger partial charge in [0.05, 0.1) is 22.1 Å². The molecule has 110 valence electrons. The first-order chi connectivity index (χ1) is 10.2. The number of hydrogen-bond donors (Lipinski definition) is 1. The summed E-state index contributed by atoms with van der Waals surface area (Å²) in [7, 11) is 0. The van der Waals surface area contributed by atoms with E-state index in [1.165, 1.54) is 24.0 Å². The number of imidazole rings is 1. The summed E-state index contributed by atoms with van der Waals surface area (Å²) in [6.07, 6.45) is 5.55. The molecule has 0 aliphatic heterocycles. The summed E-state index contributed by atoms with van der Waals surface area (Å²) >= 11 is 5.20. The summed E-state index contributed by atoms with van der Waals surface area (Å²) in [4.78, 5) is 12.7. The van der Waals surface area contributed by atoms with Crippen LogP contribution in [0.15, 0.2) is 28.9 Å². The van der Waals surface area contributed by atoms with Crippen molar-refractivity contribution in [1.82, 2.24) is 15.0 Å². The molecule has 21 heavy (non-hydrogen) atoms. The molecule has 2 aromatic heterocycles. The Bertz CT molecular complexity index is 747. The number of aromatic nitrogens is 3. The molecule has 0 bridgehead atoms. The van der Waals surface area contributed by atoms with Crippen LogP contribution < -0.4 is 0 Å². The fourth-order valence-electron chi connectivity index (χ4n) is 2.36. The van der Waals surface area contributed by atoms with E-state index < -0.39 is 0 Å². The number of fused-ring (bicyclic) bond motifs is 1. The number of nitrogens with one attached hydrogen (secondary N) is 1. The molecule has 0 fully saturated rings. The normalized spacial score (nSPS) is 12.9. The van der Waals surface area contributed by atoms with Crippen molar-refractivity contribution >= 4 is 37.5 Å². The smallest absolute Gasteiger partial charge is 0.142 e. The topological polar surface area (TPSA) is 41.6 Å². The molecule has 3 rings (SSSR count). The van der Waals surface area contributed by atoms with Crippen LogP contribution in [-0.2, 0) is 0 Å². The summed E-state index contributed by atoms with van der Waals surface area (Å²) in [5, 5.41) is 1.00. The third kappa shape index (κ3) is 3.19. The minimum atomic E-state index is 0.474. The van der Waals surface area contributed by atoms with Gasteiger partial charge in [-0.3, -0.25) is 0 Å². The molecule has 3 nitrogen and oxygen atoms in total. The van der Waals surface area contributed by atoms with Crippen molar-refractivity contribution in [1.29, 1.82) is 0 Å². The number of aromatic amines is 1. The Labute approximate surface area is 137 Å².